The summed E-state index contributed by atoms with van der Waals surface area (Å²) in [4.78, 5) is 22.1. The van der Waals surface area contributed by atoms with E-state index in [0.717, 1.165) is 0 Å². The van der Waals surface area contributed by atoms with Crippen LogP contribution in [0.2, 0.25) is 10.0 Å². The molecule has 21 heavy (non-hydrogen) atoms. The summed E-state index contributed by atoms with van der Waals surface area (Å²) >= 11 is 11.7. The van der Waals surface area contributed by atoms with Gasteiger partial charge in [-0.25, -0.2) is 0 Å². The van der Waals surface area contributed by atoms with Crippen LogP contribution in [0.5, 0.6) is 5.75 Å². The number of non-ortho nitro benzene ring substituents is 1. The molecule has 0 atom stereocenters. The summed E-state index contributed by atoms with van der Waals surface area (Å²) in [5, 5.41) is 11.4. The molecule has 2 rings (SSSR count). The van der Waals surface area contributed by atoms with Gasteiger partial charge >= 0.3 is 0 Å². The second-order valence-corrected chi connectivity index (χ2v) is 4.94. The summed E-state index contributed by atoms with van der Waals surface area (Å²) in [6.07, 6.45) is 0. The predicted octanol–water partition coefficient (Wildman–Crippen LogP) is 4.16. The van der Waals surface area contributed by atoms with Gasteiger partial charge in [0.2, 0.25) is 0 Å². The zero-order chi connectivity index (χ0) is 15.4. The van der Waals surface area contributed by atoms with Crippen LogP contribution >= 0.6 is 23.2 Å². The smallest absolute Gasteiger partial charge is 0.270 e. The molecule has 5 nitrogen and oxygen atoms in total. The fourth-order valence-electron chi connectivity index (χ4n) is 1.61. The first-order valence-electron chi connectivity index (χ1n) is 5.83. The van der Waals surface area contributed by atoms with Gasteiger partial charge < -0.3 is 4.74 Å². The van der Waals surface area contributed by atoms with Crippen LogP contribution in [-0.4, -0.2) is 17.3 Å². The van der Waals surface area contributed by atoms with Crippen LogP contribution in [0.1, 0.15) is 10.4 Å². The Labute approximate surface area is 130 Å². The molecule has 0 amide bonds. The number of benzene rings is 2. The first kappa shape index (κ1) is 15.3. The monoisotopic (exact) mass is 325 g/mol. The summed E-state index contributed by atoms with van der Waals surface area (Å²) in [6.45, 7) is -0.275. The third-order valence-corrected chi connectivity index (χ3v) is 3.16. The fraction of sp³-hybridized carbons (Fsp3) is 0.0714. The van der Waals surface area contributed by atoms with Crippen LogP contribution < -0.4 is 4.74 Å². The van der Waals surface area contributed by atoms with E-state index in [1.54, 1.807) is 12.1 Å². The van der Waals surface area contributed by atoms with Crippen molar-refractivity contribution in [3.63, 3.8) is 0 Å². The highest BCUT2D eigenvalue weighted by atomic mass is 35.5. The van der Waals surface area contributed by atoms with Crippen molar-refractivity contribution in [1.82, 2.24) is 0 Å². The molecule has 0 aliphatic carbocycles. The molecule has 0 aliphatic heterocycles. The van der Waals surface area contributed by atoms with E-state index in [0.29, 0.717) is 10.8 Å². The van der Waals surface area contributed by atoms with E-state index in [4.69, 9.17) is 27.9 Å². The molecule has 0 N–H and O–H groups in total. The minimum atomic E-state index is -0.562. The number of ether oxygens (including phenoxy) is 1. The van der Waals surface area contributed by atoms with Gasteiger partial charge in [-0.15, -0.1) is 0 Å². The molecule has 0 heterocycles. The Bertz CT molecular complexity index is 703. The third kappa shape index (κ3) is 3.93. The van der Waals surface area contributed by atoms with Gasteiger partial charge in [-0.05, 0) is 18.2 Å². The zero-order valence-corrected chi connectivity index (χ0v) is 12.1. The lowest BCUT2D eigenvalue weighted by Gasteiger charge is -2.07. The molecule has 0 unspecified atom stereocenters. The molecule has 0 saturated heterocycles. The Morgan fingerprint density at radius 1 is 1.19 bits per heavy atom. The molecule has 0 spiro atoms. The molecular weight excluding hydrogens is 317 g/mol. The maximum atomic E-state index is 12.0. The molecule has 2 aromatic rings. The highest BCUT2D eigenvalue weighted by Gasteiger charge is 2.13. The standard InChI is InChI=1S/C14H9Cl2NO4/c15-10-4-5-14(12(16)7-10)21-8-13(18)9-2-1-3-11(6-9)17(19)20/h1-7H,8H2. The number of hydrogen-bond acceptors (Lipinski definition) is 4. The molecule has 0 bridgehead atoms. The highest BCUT2D eigenvalue weighted by Crippen LogP contribution is 2.27. The number of nitro groups is 1. The number of nitrogens with zero attached hydrogens (tertiary/aromatic N) is 1. The first-order valence-corrected chi connectivity index (χ1v) is 6.58. The molecule has 0 fully saturated rings. The summed E-state index contributed by atoms with van der Waals surface area (Å²) in [6, 6.07) is 10.1. The van der Waals surface area contributed by atoms with E-state index in [1.165, 1.54) is 30.3 Å². The molecule has 0 aliphatic rings. The molecule has 0 aromatic heterocycles. The van der Waals surface area contributed by atoms with Crippen molar-refractivity contribution in [3.05, 3.63) is 68.2 Å². The van der Waals surface area contributed by atoms with Crippen LogP contribution in [-0.2, 0) is 0 Å². The van der Waals surface area contributed by atoms with Crippen molar-refractivity contribution in [3.8, 4) is 5.75 Å². The first-order chi connectivity index (χ1) is 9.97. The normalized spacial score (nSPS) is 10.2. The van der Waals surface area contributed by atoms with E-state index < -0.39 is 4.92 Å². The van der Waals surface area contributed by atoms with Crippen LogP contribution in [0.4, 0.5) is 5.69 Å². The third-order valence-electron chi connectivity index (χ3n) is 2.63. The quantitative estimate of drug-likeness (QED) is 0.470. The topological polar surface area (TPSA) is 69.4 Å². The van der Waals surface area contributed by atoms with E-state index in [1.807, 2.05) is 0 Å². The second kappa shape index (κ2) is 6.56. The minimum Gasteiger partial charge on any atom is -0.484 e. The summed E-state index contributed by atoms with van der Waals surface area (Å²) in [5.41, 5.74) is 0.0552. The number of rotatable bonds is 5. The Hall–Kier alpha value is -2.11. The van der Waals surface area contributed by atoms with Gasteiger partial charge in [0.25, 0.3) is 5.69 Å². The number of ketones is 1. The lowest BCUT2D eigenvalue weighted by Crippen LogP contribution is -2.12. The number of nitro benzene ring substituents is 1. The largest absolute Gasteiger partial charge is 0.484 e. The predicted molar refractivity (Wildman–Crippen MR) is 79.4 cm³/mol. The molecule has 0 radical (unpaired) electrons. The number of Topliss-reactive ketones (excluding diaryl/α,β-unsaturated/α-hetero) is 1. The second-order valence-electron chi connectivity index (χ2n) is 4.09. The van der Waals surface area contributed by atoms with Gasteiger partial charge in [-0.2, -0.15) is 0 Å². The van der Waals surface area contributed by atoms with Crippen LogP contribution in [0.3, 0.4) is 0 Å². The Balaban J connectivity index is 2.08. The lowest BCUT2D eigenvalue weighted by molar-refractivity contribution is -0.384. The number of halogens is 2. The van der Waals surface area contributed by atoms with E-state index in [2.05, 4.69) is 0 Å². The van der Waals surface area contributed by atoms with Gasteiger partial charge in [0.15, 0.2) is 12.4 Å². The maximum absolute atomic E-state index is 12.0. The Morgan fingerprint density at radius 2 is 1.95 bits per heavy atom. The van der Waals surface area contributed by atoms with Crippen LogP contribution in [0.15, 0.2) is 42.5 Å². The molecule has 7 heteroatoms. The van der Waals surface area contributed by atoms with Gasteiger partial charge in [-0.3, -0.25) is 14.9 Å². The van der Waals surface area contributed by atoms with Crippen molar-refractivity contribution in [2.45, 2.75) is 0 Å². The SMILES string of the molecule is O=C(COc1ccc(Cl)cc1Cl)c1cccc([N+](=O)[O-])c1. The Kier molecular flexibility index (Phi) is 4.77. The number of hydrogen-bond donors (Lipinski definition) is 0. The van der Waals surface area contributed by atoms with Crippen molar-refractivity contribution in [2.75, 3.05) is 6.61 Å². The van der Waals surface area contributed by atoms with Gasteiger partial charge in [0.05, 0.1) is 9.95 Å². The minimum absolute atomic E-state index is 0.148. The highest BCUT2D eigenvalue weighted by molar-refractivity contribution is 6.35. The molecule has 0 saturated carbocycles. The van der Waals surface area contributed by atoms with Gasteiger partial charge in [0, 0.05) is 22.7 Å². The van der Waals surface area contributed by atoms with E-state index >= 15 is 0 Å². The van der Waals surface area contributed by atoms with Crippen molar-refractivity contribution in [1.29, 1.82) is 0 Å². The number of carbonyl (C=O) groups is 1. The van der Waals surface area contributed by atoms with Crippen LogP contribution in [0.25, 0.3) is 0 Å². The van der Waals surface area contributed by atoms with E-state index in [9.17, 15) is 14.9 Å². The molecule has 2 aromatic carbocycles. The zero-order valence-electron chi connectivity index (χ0n) is 10.6. The average Bonchev–Trinajstić information content (AvgIpc) is 2.46. The van der Waals surface area contributed by atoms with Crippen molar-refractivity contribution < 1.29 is 14.5 Å². The fourth-order valence-corrected chi connectivity index (χ4v) is 2.07. The summed E-state index contributed by atoms with van der Waals surface area (Å²) < 4.78 is 5.30. The molecule has 108 valence electrons. The van der Waals surface area contributed by atoms with Crippen LogP contribution in [0, 0.1) is 10.1 Å². The summed E-state index contributed by atoms with van der Waals surface area (Å²) in [5.74, 6) is -0.0652. The van der Waals surface area contributed by atoms with Gasteiger partial charge in [-0.1, -0.05) is 35.3 Å². The lowest BCUT2D eigenvalue weighted by atomic mass is 10.1. The average molecular weight is 326 g/mol. The molecular formula is C14H9Cl2NO4. The van der Waals surface area contributed by atoms with Crippen molar-refractivity contribution >= 4 is 34.7 Å². The van der Waals surface area contributed by atoms with Crippen molar-refractivity contribution in [2.24, 2.45) is 0 Å². The maximum Gasteiger partial charge on any atom is 0.270 e. The summed E-state index contributed by atoms with van der Waals surface area (Å²) in [7, 11) is 0. The number of carbonyl (C=O) groups excluding carboxylic acids is 1. The van der Waals surface area contributed by atoms with E-state index in [-0.39, 0.29) is 28.7 Å². The van der Waals surface area contributed by atoms with Gasteiger partial charge in [0.1, 0.15) is 5.75 Å². The Morgan fingerprint density at radius 3 is 2.62 bits per heavy atom.